The average Bonchev–Trinajstić information content (AvgIpc) is 2.83. The van der Waals surface area contributed by atoms with E-state index in [1.807, 2.05) is 44.2 Å². The second-order valence-corrected chi connectivity index (χ2v) is 11.7. The molecule has 0 radical (unpaired) electrons. The number of nitrogens with zero attached hydrogens (tertiary/aromatic N) is 1. The maximum absolute atomic E-state index is 13.0. The van der Waals surface area contributed by atoms with Crippen LogP contribution in [-0.2, 0) is 14.8 Å². The van der Waals surface area contributed by atoms with Crippen molar-refractivity contribution in [2.24, 2.45) is 0 Å². The number of carbonyl (C=O) groups excluding carboxylic acids is 1. The maximum atomic E-state index is 13.0. The third-order valence-corrected chi connectivity index (χ3v) is 9.00. The number of fused-ring (bicyclic) bond motifs is 1. The number of hydrogen-bond donors (Lipinski definition) is 2. The second kappa shape index (κ2) is 10.9. The molecule has 0 spiro atoms. The Morgan fingerprint density at radius 3 is 2.50 bits per heavy atom. The second-order valence-electron chi connectivity index (χ2n) is 8.78. The smallest absolute Gasteiger partial charge is 0.240 e. The van der Waals surface area contributed by atoms with Crippen LogP contribution in [0.5, 0.6) is 0 Å². The van der Waals surface area contributed by atoms with Gasteiger partial charge in [-0.05, 0) is 68.1 Å². The number of sulfonamides is 1. The summed E-state index contributed by atoms with van der Waals surface area (Å²) in [6.45, 7) is 4.02. The SMILES string of the molecule is CCC(Sc1cc(C)c2ccccc2n1)C(=O)Nc1ccc(S(=O)(=O)NC2CCCCC2)cc1. The largest absolute Gasteiger partial charge is 0.325 e. The van der Waals surface area contributed by atoms with E-state index in [0.717, 1.165) is 47.2 Å². The molecule has 0 bridgehead atoms. The van der Waals surface area contributed by atoms with E-state index >= 15 is 0 Å². The molecule has 1 amide bonds. The van der Waals surface area contributed by atoms with E-state index < -0.39 is 10.0 Å². The van der Waals surface area contributed by atoms with E-state index in [1.165, 1.54) is 18.2 Å². The Morgan fingerprint density at radius 2 is 1.79 bits per heavy atom. The Labute approximate surface area is 206 Å². The highest BCUT2D eigenvalue weighted by molar-refractivity contribution is 8.00. The number of amides is 1. The van der Waals surface area contributed by atoms with Crippen LogP contribution in [0, 0.1) is 6.92 Å². The van der Waals surface area contributed by atoms with Crippen molar-refractivity contribution < 1.29 is 13.2 Å². The molecule has 180 valence electrons. The van der Waals surface area contributed by atoms with E-state index in [0.29, 0.717) is 12.1 Å². The molecule has 1 aliphatic rings. The van der Waals surface area contributed by atoms with E-state index in [-0.39, 0.29) is 22.1 Å². The Hall–Kier alpha value is -2.42. The molecule has 1 unspecified atom stereocenters. The van der Waals surface area contributed by atoms with Crippen molar-refractivity contribution >= 4 is 44.3 Å². The van der Waals surface area contributed by atoms with Crippen molar-refractivity contribution in [1.29, 1.82) is 0 Å². The average molecular weight is 498 g/mol. The fourth-order valence-electron chi connectivity index (χ4n) is 4.29. The van der Waals surface area contributed by atoms with Crippen molar-refractivity contribution in [2.45, 2.75) is 73.6 Å². The number of aromatic nitrogens is 1. The molecule has 2 N–H and O–H groups in total. The zero-order valence-electron chi connectivity index (χ0n) is 19.6. The number of pyridine rings is 1. The van der Waals surface area contributed by atoms with Crippen molar-refractivity contribution in [1.82, 2.24) is 9.71 Å². The van der Waals surface area contributed by atoms with Crippen LogP contribution in [0.4, 0.5) is 5.69 Å². The molecule has 1 aliphatic carbocycles. The zero-order chi connectivity index (χ0) is 24.1. The van der Waals surface area contributed by atoms with E-state index in [1.54, 1.807) is 24.3 Å². The van der Waals surface area contributed by atoms with Gasteiger partial charge in [-0.15, -0.1) is 0 Å². The molecule has 1 fully saturated rings. The predicted octanol–water partition coefficient (Wildman–Crippen LogP) is 5.66. The molecule has 4 rings (SSSR count). The summed E-state index contributed by atoms with van der Waals surface area (Å²) in [5, 5.41) is 4.53. The molecular weight excluding hydrogens is 466 g/mol. The van der Waals surface area contributed by atoms with Crippen LogP contribution in [0.2, 0.25) is 0 Å². The fraction of sp³-hybridized carbons (Fsp3) is 0.385. The quantitative estimate of drug-likeness (QED) is 0.392. The Kier molecular flexibility index (Phi) is 7.91. The van der Waals surface area contributed by atoms with Crippen LogP contribution in [-0.4, -0.2) is 30.6 Å². The van der Waals surface area contributed by atoms with Gasteiger partial charge in [-0.3, -0.25) is 4.79 Å². The van der Waals surface area contributed by atoms with Gasteiger partial charge in [0.25, 0.3) is 0 Å². The molecule has 1 aromatic heterocycles. The number of nitrogens with one attached hydrogen (secondary N) is 2. The lowest BCUT2D eigenvalue weighted by atomic mass is 9.96. The maximum Gasteiger partial charge on any atom is 0.240 e. The first kappa shape index (κ1) is 24.7. The lowest BCUT2D eigenvalue weighted by Gasteiger charge is -2.22. The first-order chi connectivity index (χ1) is 16.4. The minimum atomic E-state index is -3.56. The number of anilines is 1. The van der Waals surface area contributed by atoms with Gasteiger partial charge < -0.3 is 5.32 Å². The summed E-state index contributed by atoms with van der Waals surface area (Å²) in [7, 11) is -3.56. The highest BCUT2D eigenvalue weighted by Gasteiger charge is 2.23. The molecule has 3 aromatic rings. The van der Waals surface area contributed by atoms with Gasteiger partial charge in [-0.2, -0.15) is 0 Å². The zero-order valence-corrected chi connectivity index (χ0v) is 21.2. The number of aryl methyl sites for hydroxylation is 1. The first-order valence-electron chi connectivity index (χ1n) is 11.8. The monoisotopic (exact) mass is 497 g/mol. The molecule has 6 nitrogen and oxygen atoms in total. The van der Waals surface area contributed by atoms with Crippen molar-refractivity contribution in [3.63, 3.8) is 0 Å². The molecule has 2 aromatic carbocycles. The topological polar surface area (TPSA) is 88.2 Å². The van der Waals surface area contributed by atoms with Gasteiger partial charge in [0.2, 0.25) is 15.9 Å². The number of rotatable bonds is 8. The van der Waals surface area contributed by atoms with Gasteiger partial charge in [0.15, 0.2) is 0 Å². The summed E-state index contributed by atoms with van der Waals surface area (Å²) in [5.74, 6) is -0.129. The van der Waals surface area contributed by atoms with Crippen LogP contribution in [0.1, 0.15) is 51.0 Å². The molecule has 0 aliphatic heterocycles. The summed E-state index contributed by atoms with van der Waals surface area (Å²) in [5.41, 5.74) is 2.62. The van der Waals surface area contributed by atoms with Gasteiger partial charge in [0.05, 0.1) is 20.7 Å². The van der Waals surface area contributed by atoms with Crippen LogP contribution in [0.25, 0.3) is 10.9 Å². The van der Waals surface area contributed by atoms with Crippen molar-refractivity contribution in [3.05, 3.63) is 60.2 Å². The van der Waals surface area contributed by atoms with Gasteiger partial charge in [-0.1, -0.05) is 56.1 Å². The summed E-state index contributed by atoms with van der Waals surface area (Å²) < 4.78 is 28.2. The Balaban J connectivity index is 1.41. The molecule has 1 heterocycles. The van der Waals surface area contributed by atoms with E-state index in [2.05, 4.69) is 10.0 Å². The van der Waals surface area contributed by atoms with Crippen molar-refractivity contribution in [2.75, 3.05) is 5.32 Å². The molecule has 34 heavy (non-hydrogen) atoms. The number of thioether (sulfide) groups is 1. The molecule has 0 saturated heterocycles. The van der Waals surface area contributed by atoms with Crippen molar-refractivity contribution in [3.8, 4) is 0 Å². The predicted molar refractivity (Wildman–Crippen MR) is 139 cm³/mol. The molecule has 1 saturated carbocycles. The first-order valence-corrected chi connectivity index (χ1v) is 14.2. The van der Waals surface area contributed by atoms with E-state index in [9.17, 15) is 13.2 Å². The number of para-hydroxylation sites is 1. The number of hydrogen-bond acceptors (Lipinski definition) is 5. The lowest BCUT2D eigenvalue weighted by molar-refractivity contribution is -0.115. The van der Waals surface area contributed by atoms with Gasteiger partial charge in [-0.25, -0.2) is 18.1 Å². The number of carbonyl (C=O) groups is 1. The standard InChI is InChI=1S/C26H31N3O3S2/c1-3-24(33-25-17-18(2)22-11-7-8-12-23(22)28-25)26(30)27-19-13-15-21(16-14-19)34(31,32)29-20-9-5-4-6-10-20/h7-8,11-17,20,24,29H,3-6,9-10H2,1-2H3,(H,27,30). The Bertz CT molecular complexity index is 1250. The third kappa shape index (κ3) is 5.98. The summed E-state index contributed by atoms with van der Waals surface area (Å²) in [6, 6.07) is 16.4. The number of benzene rings is 2. The normalized spacial score (nSPS) is 15.8. The fourth-order valence-corrected chi connectivity index (χ4v) is 6.62. The molecule has 1 atom stereocenters. The summed E-state index contributed by atoms with van der Waals surface area (Å²) in [4.78, 5) is 17.9. The van der Waals surface area contributed by atoms with Gasteiger partial charge in [0, 0.05) is 17.1 Å². The van der Waals surface area contributed by atoms with Gasteiger partial charge in [0.1, 0.15) is 0 Å². The summed E-state index contributed by atoms with van der Waals surface area (Å²) in [6.07, 6.45) is 5.69. The van der Waals surface area contributed by atoms with Crippen LogP contribution in [0.3, 0.4) is 0 Å². The highest BCUT2D eigenvalue weighted by Crippen LogP contribution is 2.29. The molecular formula is C26H31N3O3S2. The minimum absolute atomic E-state index is 0.00724. The minimum Gasteiger partial charge on any atom is -0.325 e. The molecule has 8 heteroatoms. The van der Waals surface area contributed by atoms with Gasteiger partial charge >= 0.3 is 0 Å². The van der Waals surface area contributed by atoms with E-state index in [4.69, 9.17) is 4.98 Å². The summed E-state index contributed by atoms with van der Waals surface area (Å²) >= 11 is 1.44. The highest BCUT2D eigenvalue weighted by atomic mass is 32.2. The third-order valence-electron chi connectivity index (χ3n) is 6.18. The lowest BCUT2D eigenvalue weighted by Crippen LogP contribution is -2.36. The van der Waals surface area contributed by atoms with Crippen LogP contribution in [0.15, 0.2) is 64.5 Å². The van der Waals surface area contributed by atoms with Crippen LogP contribution >= 0.6 is 11.8 Å². The Morgan fingerprint density at radius 1 is 1.09 bits per heavy atom. The van der Waals surface area contributed by atoms with Crippen LogP contribution < -0.4 is 10.0 Å².